The average Bonchev–Trinajstić information content (AvgIpc) is 2.61. The van der Waals surface area contributed by atoms with Crippen LogP contribution < -0.4 is 5.32 Å². The maximum absolute atomic E-state index is 11.5. The zero-order valence-electron chi connectivity index (χ0n) is 8.09. The lowest BCUT2D eigenvalue weighted by Gasteiger charge is -2.29. The second kappa shape index (κ2) is 4.09. The van der Waals surface area contributed by atoms with Gasteiger partial charge in [-0.1, -0.05) is 0 Å². The summed E-state index contributed by atoms with van der Waals surface area (Å²) in [5.74, 6) is 0.361. The van der Waals surface area contributed by atoms with Crippen LogP contribution in [0.15, 0.2) is 0 Å². The van der Waals surface area contributed by atoms with E-state index in [0.29, 0.717) is 11.9 Å². The Balaban J connectivity index is 1.81. The van der Waals surface area contributed by atoms with Gasteiger partial charge in [0.1, 0.15) is 0 Å². The predicted octanol–water partition coefficient (Wildman–Crippen LogP) is 0.751. The van der Waals surface area contributed by atoms with Crippen LogP contribution in [-0.2, 0) is 4.79 Å². The fourth-order valence-electron chi connectivity index (χ4n) is 2.23. The van der Waals surface area contributed by atoms with Crippen molar-refractivity contribution in [1.82, 2.24) is 10.2 Å². The van der Waals surface area contributed by atoms with Crippen LogP contribution in [0.1, 0.15) is 32.1 Å². The van der Waals surface area contributed by atoms with Crippen molar-refractivity contribution < 1.29 is 4.79 Å². The first-order valence-corrected chi connectivity index (χ1v) is 5.37. The van der Waals surface area contributed by atoms with E-state index in [1.54, 1.807) is 0 Å². The molecule has 1 atom stereocenters. The van der Waals surface area contributed by atoms with Crippen molar-refractivity contribution in [3.63, 3.8) is 0 Å². The van der Waals surface area contributed by atoms with Gasteiger partial charge in [0, 0.05) is 25.6 Å². The van der Waals surface area contributed by atoms with Gasteiger partial charge in [-0.2, -0.15) is 0 Å². The van der Waals surface area contributed by atoms with Crippen LogP contribution >= 0.6 is 0 Å². The number of piperidine rings is 1. The van der Waals surface area contributed by atoms with Crippen LogP contribution in [0.5, 0.6) is 0 Å². The molecule has 1 amide bonds. The van der Waals surface area contributed by atoms with Crippen LogP contribution in [0.4, 0.5) is 0 Å². The van der Waals surface area contributed by atoms with Crippen LogP contribution in [0.2, 0.25) is 0 Å². The molecule has 3 heteroatoms. The molecule has 0 radical (unpaired) electrons. The van der Waals surface area contributed by atoms with Crippen molar-refractivity contribution in [2.24, 2.45) is 0 Å². The van der Waals surface area contributed by atoms with Gasteiger partial charge in [-0.3, -0.25) is 4.79 Å². The van der Waals surface area contributed by atoms with Crippen molar-refractivity contribution in [2.75, 3.05) is 19.6 Å². The second-order valence-corrected chi connectivity index (χ2v) is 4.09. The molecule has 2 rings (SSSR count). The minimum atomic E-state index is 0.361. The maximum atomic E-state index is 11.5. The van der Waals surface area contributed by atoms with Crippen molar-refractivity contribution >= 4 is 5.91 Å². The Labute approximate surface area is 79.5 Å². The highest BCUT2D eigenvalue weighted by atomic mass is 16.2. The van der Waals surface area contributed by atoms with Gasteiger partial charge in [0.2, 0.25) is 5.91 Å². The molecule has 0 aromatic rings. The van der Waals surface area contributed by atoms with E-state index in [1.165, 1.54) is 19.3 Å². The summed E-state index contributed by atoms with van der Waals surface area (Å²) in [6.07, 6.45) is 5.56. The Morgan fingerprint density at radius 1 is 1.38 bits per heavy atom. The lowest BCUT2D eigenvalue weighted by Crippen LogP contribution is -2.43. The van der Waals surface area contributed by atoms with Crippen molar-refractivity contribution in [1.29, 1.82) is 0 Å². The molecule has 74 valence electrons. The Kier molecular flexibility index (Phi) is 2.83. The summed E-state index contributed by atoms with van der Waals surface area (Å²) in [5.41, 5.74) is 0. The van der Waals surface area contributed by atoms with Gasteiger partial charge in [0.05, 0.1) is 0 Å². The molecule has 2 aliphatic heterocycles. The minimum absolute atomic E-state index is 0.361. The van der Waals surface area contributed by atoms with Gasteiger partial charge in [0.25, 0.3) is 0 Å². The number of nitrogens with one attached hydrogen (secondary N) is 1. The number of likely N-dealkylation sites (tertiary alicyclic amines) is 1. The topological polar surface area (TPSA) is 32.3 Å². The fraction of sp³-hybridized carbons (Fsp3) is 0.900. The summed E-state index contributed by atoms with van der Waals surface area (Å²) in [6, 6.07) is 0.571. The van der Waals surface area contributed by atoms with Crippen molar-refractivity contribution in [2.45, 2.75) is 38.1 Å². The lowest BCUT2D eigenvalue weighted by atomic mass is 10.1. The van der Waals surface area contributed by atoms with Crippen molar-refractivity contribution in [3.8, 4) is 0 Å². The molecular weight excluding hydrogens is 164 g/mol. The quantitative estimate of drug-likeness (QED) is 0.683. The molecule has 3 nitrogen and oxygen atoms in total. The normalized spacial score (nSPS) is 29.7. The summed E-state index contributed by atoms with van der Waals surface area (Å²) < 4.78 is 0. The second-order valence-electron chi connectivity index (χ2n) is 4.09. The van der Waals surface area contributed by atoms with Gasteiger partial charge in [-0.05, 0) is 32.2 Å². The average molecular weight is 182 g/mol. The third-order valence-electron chi connectivity index (χ3n) is 3.02. The van der Waals surface area contributed by atoms with E-state index in [1.807, 2.05) is 4.90 Å². The molecule has 1 N–H and O–H groups in total. The zero-order chi connectivity index (χ0) is 9.10. The standard InChI is InChI=1S/C10H18N2O/c13-10-5-1-2-7-12(10)8-9-4-3-6-11-9/h9,11H,1-8H2/t9-/m0/s1. The largest absolute Gasteiger partial charge is 0.341 e. The van der Waals surface area contributed by atoms with E-state index in [-0.39, 0.29) is 0 Å². The number of nitrogens with zero attached hydrogens (tertiary/aromatic N) is 1. The van der Waals surface area contributed by atoms with Crippen molar-refractivity contribution in [3.05, 3.63) is 0 Å². The molecule has 0 aromatic heterocycles. The molecule has 0 unspecified atom stereocenters. The number of carbonyl (C=O) groups is 1. The zero-order valence-corrected chi connectivity index (χ0v) is 8.09. The van der Waals surface area contributed by atoms with Crippen LogP contribution in [-0.4, -0.2) is 36.5 Å². The first-order chi connectivity index (χ1) is 6.36. The van der Waals surface area contributed by atoms with Gasteiger partial charge >= 0.3 is 0 Å². The smallest absolute Gasteiger partial charge is 0.222 e. The van der Waals surface area contributed by atoms with Crippen LogP contribution in [0.3, 0.4) is 0 Å². The molecule has 0 bridgehead atoms. The lowest BCUT2D eigenvalue weighted by molar-refractivity contribution is -0.133. The molecule has 0 aromatic carbocycles. The van der Waals surface area contributed by atoms with E-state index >= 15 is 0 Å². The van der Waals surface area contributed by atoms with Crippen LogP contribution in [0.25, 0.3) is 0 Å². The number of hydrogen-bond acceptors (Lipinski definition) is 2. The van der Waals surface area contributed by atoms with E-state index in [4.69, 9.17) is 0 Å². The first kappa shape index (κ1) is 9.00. The Hall–Kier alpha value is -0.570. The molecule has 13 heavy (non-hydrogen) atoms. The molecule has 0 saturated carbocycles. The van der Waals surface area contributed by atoms with E-state index in [9.17, 15) is 4.79 Å². The monoisotopic (exact) mass is 182 g/mol. The predicted molar refractivity (Wildman–Crippen MR) is 51.5 cm³/mol. The summed E-state index contributed by atoms with van der Waals surface area (Å²) in [5, 5.41) is 3.43. The van der Waals surface area contributed by atoms with Gasteiger partial charge in [-0.25, -0.2) is 0 Å². The first-order valence-electron chi connectivity index (χ1n) is 5.37. The third-order valence-corrected chi connectivity index (χ3v) is 3.02. The highest BCUT2D eigenvalue weighted by Crippen LogP contribution is 2.13. The highest BCUT2D eigenvalue weighted by Gasteiger charge is 2.22. The number of amides is 1. The summed E-state index contributed by atoms with van der Waals surface area (Å²) in [7, 11) is 0. The third kappa shape index (κ3) is 2.21. The SMILES string of the molecule is O=C1CCCCN1C[C@@H]1CCCN1. The fourth-order valence-corrected chi connectivity index (χ4v) is 2.23. The molecule has 2 fully saturated rings. The Morgan fingerprint density at radius 2 is 2.31 bits per heavy atom. The summed E-state index contributed by atoms with van der Waals surface area (Å²) >= 11 is 0. The Morgan fingerprint density at radius 3 is 3.00 bits per heavy atom. The number of hydrogen-bond donors (Lipinski definition) is 1. The van der Waals surface area contributed by atoms with Gasteiger partial charge in [0.15, 0.2) is 0 Å². The van der Waals surface area contributed by atoms with Gasteiger partial charge in [-0.15, -0.1) is 0 Å². The molecule has 2 aliphatic rings. The van der Waals surface area contributed by atoms with Gasteiger partial charge < -0.3 is 10.2 Å². The summed E-state index contributed by atoms with van der Waals surface area (Å²) in [6.45, 7) is 3.06. The minimum Gasteiger partial charge on any atom is -0.341 e. The van der Waals surface area contributed by atoms with E-state index in [2.05, 4.69) is 5.32 Å². The molecule has 2 heterocycles. The van der Waals surface area contributed by atoms with E-state index < -0.39 is 0 Å². The molecule has 0 aliphatic carbocycles. The molecule has 0 spiro atoms. The molecule has 2 saturated heterocycles. The maximum Gasteiger partial charge on any atom is 0.222 e. The van der Waals surface area contributed by atoms with Crippen LogP contribution in [0, 0.1) is 0 Å². The number of rotatable bonds is 2. The highest BCUT2D eigenvalue weighted by molar-refractivity contribution is 5.76. The van der Waals surface area contributed by atoms with E-state index in [0.717, 1.165) is 32.5 Å². The Bertz CT molecular complexity index is 187. The molecular formula is C10H18N2O. The summed E-state index contributed by atoms with van der Waals surface area (Å²) in [4.78, 5) is 13.5. The number of carbonyl (C=O) groups excluding carboxylic acids is 1.